The number of nitrogens with two attached hydrogens (primary N) is 1. The van der Waals surface area contributed by atoms with E-state index in [2.05, 4.69) is 36.2 Å². The van der Waals surface area contributed by atoms with Gasteiger partial charge in [-0.05, 0) is 57.4 Å². The number of halogens is 1. The molecule has 35 heavy (non-hydrogen) atoms. The largest absolute Gasteiger partial charge is 0.382 e. The van der Waals surface area contributed by atoms with Crippen molar-refractivity contribution in [3.8, 4) is 11.3 Å². The average molecular weight is 479 g/mol. The first-order chi connectivity index (χ1) is 16.8. The number of fused-ring (bicyclic) bond motifs is 2. The van der Waals surface area contributed by atoms with Gasteiger partial charge in [0.1, 0.15) is 11.7 Å². The lowest BCUT2D eigenvalue weighted by atomic mass is 9.88. The summed E-state index contributed by atoms with van der Waals surface area (Å²) in [5.41, 5.74) is 12.0. The van der Waals surface area contributed by atoms with Gasteiger partial charge in [0.05, 0.1) is 23.1 Å². The number of aromatic nitrogens is 4. The predicted octanol–water partition coefficient (Wildman–Crippen LogP) is 4.53. The van der Waals surface area contributed by atoms with Gasteiger partial charge in [-0.1, -0.05) is 20.3 Å². The molecule has 9 heteroatoms. The Hall–Kier alpha value is -3.07. The Labute approximate surface area is 205 Å². The Morgan fingerprint density at radius 2 is 2.06 bits per heavy atom. The van der Waals surface area contributed by atoms with Crippen molar-refractivity contribution in [2.45, 2.75) is 58.7 Å². The quantitative estimate of drug-likeness (QED) is 0.540. The van der Waals surface area contributed by atoms with Gasteiger partial charge in [0.25, 0.3) is 0 Å². The number of hydrogen-bond acceptors (Lipinski definition) is 7. The van der Waals surface area contributed by atoms with Gasteiger partial charge in [-0.2, -0.15) is 4.98 Å². The number of alkyl halides is 1. The van der Waals surface area contributed by atoms with E-state index in [9.17, 15) is 4.39 Å². The van der Waals surface area contributed by atoms with Crippen LogP contribution in [0.1, 0.15) is 45.7 Å². The maximum atomic E-state index is 14.5. The molecule has 0 saturated carbocycles. The number of piperidine rings is 1. The smallest absolute Gasteiger partial charge is 0.243 e. The molecule has 0 radical (unpaired) electrons. The van der Waals surface area contributed by atoms with Crippen molar-refractivity contribution in [1.82, 2.24) is 24.5 Å². The van der Waals surface area contributed by atoms with Gasteiger partial charge in [0.2, 0.25) is 5.95 Å². The first-order valence-corrected chi connectivity index (χ1v) is 12.6. The van der Waals surface area contributed by atoms with Gasteiger partial charge in [-0.3, -0.25) is 9.98 Å². The lowest BCUT2D eigenvalue weighted by Gasteiger charge is -2.32. The van der Waals surface area contributed by atoms with Gasteiger partial charge in [0.15, 0.2) is 5.82 Å². The van der Waals surface area contributed by atoms with Crippen molar-refractivity contribution in [2.24, 2.45) is 16.8 Å². The van der Waals surface area contributed by atoms with Gasteiger partial charge in [0, 0.05) is 36.5 Å². The number of pyridine rings is 1. The van der Waals surface area contributed by atoms with Crippen LogP contribution in [0.25, 0.3) is 16.8 Å². The molecule has 5 rings (SSSR count). The number of hydrogen-bond donors (Lipinski definition) is 2. The Kier molecular flexibility index (Phi) is 6.44. The standard InChI is InChI=1S/C26H35FN8/c1-15(2)5-6-17-13-23-22(29-16(17)3)8-7-20(30-23)18-9-12-35-24(18)25(28)32-26(33-35)31-21-10-11-34(4)14-19(21)27/h7-9,12,15,17,19,21H,5-6,10-11,13-14H2,1-4H3,(H3,28,31,32,33)/t17?,19-,21+/m1/s1. The fourth-order valence-electron chi connectivity index (χ4n) is 5.11. The number of aliphatic imine (C=N–C) groups is 1. The molecule has 2 aliphatic heterocycles. The number of rotatable bonds is 6. The predicted molar refractivity (Wildman–Crippen MR) is 139 cm³/mol. The molecule has 1 saturated heterocycles. The minimum Gasteiger partial charge on any atom is -0.382 e. The molecule has 3 N–H and O–H groups in total. The molecule has 2 aliphatic rings. The third-order valence-corrected chi connectivity index (χ3v) is 7.24. The fourth-order valence-corrected chi connectivity index (χ4v) is 5.11. The molecule has 8 nitrogen and oxygen atoms in total. The SMILES string of the molecule is CC1=Nc2ccc(-c3ccn4nc(N[C@H]5CCN(C)C[C@H]5F)nc(N)c34)nc2CC1CCC(C)C. The van der Waals surface area contributed by atoms with Crippen molar-refractivity contribution in [2.75, 3.05) is 31.2 Å². The summed E-state index contributed by atoms with van der Waals surface area (Å²) in [7, 11) is 1.93. The van der Waals surface area contributed by atoms with Crippen LogP contribution in [-0.2, 0) is 6.42 Å². The van der Waals surface area contributed by atoms with E-state index in [0.717, 1.165) is 42.0 Å². The highest BCUT2D eigenvalue weighted by Crippen LogP contribution is 2.34. The molecule has 0 amide bonds. The van der Waals surface area contributed by atoms with Crippen molar-refractivity contribution < 1.29 is 4.39 Å². The zero-order chi connectivity index (χ0) is 24.7. The minimum absolute atomic E-state index is 0.326. The number of nitrogens with zero attached hydrogens (tertiary/aromatic N) is 6. The molecule has 5 heterocycles. The molecule has 3 atom stereocenters. The summed E-state index contributed by atoms with van der Waals surface area (Å²) in [4.78, 5) is 16.3. The molecule has 0 aliphatic carbocycles. The zero-order valence-electron chi connectivity index (χ0n) is 21.0. The Balaban J connectivity index is 1.41. The van der Waals surface area contributed by atoms with Crippen LogP contribution in [-0.4, -0.2) is 62.5 Å². The third-order valence-electron chi connectivity index (χ3n) is 7.24. The highest BCUT2D eigenvalue weighted by Gasteiger charge is 2.28. The van der Waals surface area contributed by atoms with Crippen molar-refractivity contribution in [1.29, 1.82) is 0 Å². The Bertz CT molecular complexity index is 1250. The second-order valence-electron chi connectivity index (χ2n) is 10.4. The Morgan fingerprint density at radius 3 is 2.83 bits per heavy atom. The number of nitrogens with one attached hydrogen (secondary N) is 1. The zero-order valence-corrected chi connectivity index (χ0v) is 21.0. The lowest BCUT2D eigenvalue weighted by Crippen LogP contribution is -2.46. The third kappa shape index (κ3) is 4.87. The normalized spacial score (nSPS) is 22.9. The molecule has 0 bridgehead atoms. The first-order valence-electron chi connectivity index (χ1n) is 12.6. The van der Waals surface area contributed by atoms with Crippen LogP contribution >= 0.6 is 0 Å². The van der Waals surface area contributed by atoms with Crippen molar-refractivity contribution in [3.05, 3.63) is 30.1 Å². The fraction of sp³-hybridized carbons (Fsp3) is 0.538. The molecular weight excluding hydrogens is 443 g/mol. The Morgan fingerprint density at radius 1 is 1.23 bits per heavy atom. The van der Waals surface area contributed by atoms with E-state index in [1.165, 1.54) is 12.1 Å². The van der Waals surface area contributed by atoms with Gasteiger partial charge in [-0.15, -0.1) is 5.10 Å². The number of anilines is 2. The lowest BCUT2D eigenvalue weighted by molar-refractivity contribution is 0.149. The van der Waals surface area contributed by atoms with Gasteiger partial charge in [-0.25, -0.2) is 8.91 Å². The summed E-state index contributed by atoms with van der Waals surface area (Å²) in [6, 6.07) is 5.66. The maximum Gasteiger partial charge on any atom is 0.243 e. The second kappa shape index (κ2) is 9.53. The topological polar surface area (TPSA) is 96.7 Å². The molecule has 186 valence electrons. The van der Waals surface area contributed by atoms with E-state index in [4.69, 9.17) is 15.7 Å². The molecule has 3 aromatic rings. The molecule has 1 unspecified atom stereocenters. The van der Waals surface area contributed by atoms with Crippen LogP contribution in [0.3, 0.4) is 0 Å². The molecular formula is C26H35FN8. The van der Waals surface area contributed by atoms with E-state index < -0.39 is 6.17 Å². The van der Waals surface area contributed by atoms with E-state index in [1.54, 1.807) is 4.52 Å². The average Bonchev–Trinajstić information content (AvgIpc) is 3.24. The summed E-state index contributed by atoms with van der Waals surface area (Å²) < 4.78 is 16.2. The summed E-state index contributed by atoms with van der Waals surface area (Å²) in [6.07, 6.45) is 4.77. The van der Waals surface area contributed by atoms with Gasteiger partial charge < -0.3 is 16.0 Å². The molecule has 0 aromatic carbocycles. The number of likely N-dealkylation sites (tertiary alicyclic amines) is 1. The van der Waals surface area contributed by atoms with Crippen LogP contribution in [0, 0.1) is 11.8 Å². The molecule has 0 spiro atoms. The van der Waals surface area contributed by atoms with E-state index in [1.807, 2.05) is 36.3 Å². The second-order valence-corrected chi connectivity index (χ2v) is 10.4. The molecule has 3 aromatic heterocycles. The van der Waals surface area contributed by atoms with Crippen LogP contribution in [0.5, 0.6) is 0 Å². The monoisotopic (exact) mass is 478 g/mol. The number of nitrogen functional groups attached to an aromatic ring is 1. The van der Waals surface area contributed by atoms with E-state index in [-0.39, 0.29) is 6.04 Å². The maximum absolute atomic E-state index is 14.5. The van der Waals surface area contributed by atoms with Crippen molar-refractivity contribution >= 4 is 28.7 Å². The van der Waals surface area contributed by atoms with Crippen LogP contribution in [0.4, 0.5) is 21.8 Å². The van der Waals surface area contributed by atoms with Crippen LogP contribution in [0.2, 0.25) is 0 Å². The summed E-state index contributed by atoms with van der Waals surface area (Å²) in [6.45, 7) is 7.87. The van der Waals surface area contributed by atoms with Gasteiger partial charge >= 0.3 is 0 Å². The minimum atomic E-state index is -0.982. The van der Waals surface area contributed by atoms with Crippen LogP contribution in [0.15, 0.2) is 29.4 Å². The summed E-state index contributed by atoms with van der Waals surface area (Å²) >= 11 is 0. The van der Waals surface area contributed by atoms with E-state index >= 15 is 0 Å². The highest BCUT2D eigenvalue weighted by atomic mass is 19.1. The summed E-state index contributed by atoms with van der Waals surface area (Å²) in [5, 5.41) is 7.71. The first kappa shape index (κ1) is 23.7. The molecule has 1 fully saturated rings. The van der Waals surface area contributed by atoms with Crippen LogP contribution < -0.4 is 11.1 Å². The summed E-state index contributed by atoms with van der Waals surface area (Å²) in [5.74, 6) is 1.78. The van der Waals surface area contributed by atoms with E-state index in [0.29, 0.717) is 42.1 Å². The highest BCUT2D eigenvalue weighted by molar-refractivity contribution is 5.90. The van der Waals surface area contributed by atoms with Crippen molar-refractivity contribution in [3.63, 3.8) is 0 Å².